The van der Waals surface area contributed by atoms with Crippen molar-refractivity contribution in [1.82, 2.24) is 4.31 Å². The molecule has 0 saturated carbocycles. The van der Waals surface area contributed by atoms with Crippen molar-refractivity contribution in [2.75, 3.05) is 0 Å². The molecule has 0 unspecified atom stereocenters. The van der Waals surface area contributed by atoms with Crippen LogP contribution >= 0.6 is 11.9 Å². The van der Waals surface area contributed by atoms with Crippen LogP contribution in [0.2, 0.25) is 18.1 Å². The number of aromatic hydroxyl groups is 1. The molecule has 0 spiro atoms. The highest BCUT2D eigenvalue weighted by Crippen LogP contribution is 2.45. The summed E-state index contributed by atoms with van der Waals surface area (Å²) in [5.74, 6) is 0.00294. The van der Waals surface area contributed by atoms with Gasteiger partial charge in [0.05, 0.1) is 16.0 Å². The van der Waals surface area contributed by atoms with Crippen LogP contribution < -0.4 is 4.43 Å². The third-order valence-electron chi connectivity index (χ3n) is 5.76. The molecule has 2 amide bonds. The Morgan fingerprint density at radius 2 is 1.55 bits per heavy atom. The van der Waals surface area contributed by atoms with Gasteiger partial charge in [0.15, 0.2) is 0 Å². The first kappa shape index (κ1) is 21.5. The van der Waals surface area contributed by atoms with Crippen molar-refractivity contribution in [3.05, 3.63) is 52.6 Å². The van der Waals surface area contributed by atoms with Crippen LogP contribution in [0.3, 0.4) is 0 Å². The van der Waals surface area contributed by atoms with Gasteiger partial charge in [0.25, 0.3) is 11.8 Å². The number of fused-ring (bicyclic) bond motifs is 1. The maximum absolute atomic E-state index is 12.7. The predicted octanol–water partition coefficient (Wildman–Crippen LogP) is 5.70. The van der Waals surface area contributed by atoms with Gasteiger partial charge in [-0.15, -0.1) is 0 Å². The molecular formula is C22H27NO4SSi. The normalized spacial score (nSPS) is 14.4. The maximum Gasteiger partial charge on any atom is 0.272 e. The van der Waals surface area contributed by atoms with Gasteiger partial charge in [-0.25, -0.2) is 4.31 Å². The Bertz CT molecular complexity index is 976. The number of aryl methyl sites for hydroxylation is 1. The lowest BCUT2D eigenvalue weighted by Crippen LogP contribution is -2.44. The van der Waals surface area contributed by atoms with E-state index in [1.807, 2.05) is 13.0 Å². The molecule has 1 aliphatic heterocycles. The highest BCUT2D eigenvalue weighted by atomic mass is 32.2. The average molecular weight is 430 g/mol. The second-order valence-corrected chi connectivity index (χ2v) is 14.6. The summed E-state index contributed by atoms with van der Waals surface area (Å²) in [6.07, 6.45) is 0. The van der Waals surface area contributed by atoms with Gasteiger partial charge < -0.3 is 9.53 Å². The number of phenolic OH excluding ortho intramolecular Hbond substituents is 1. The molecule has 0 aliphatic carbocycles. The molecular weight excluding hydrogens is 402 g/mol. The molecule has 3 rings (SSSR count). The number of hydrogen-bond acceptors (Lipinski definition) is 5. The fourth-order valence-electron chi connectivity index (χ4n) is 2.83. The van der Waals surface area contributed by atoms with E-state index in [9.17, 15) is 14.7 Å². The lowest BCUT2D eigenvalue weighted by atomic mass is 10.1. The number of carbonyl (C=O) groups excluding carboxylic acids is 2. The first-order valence-corrected chi connectivity index (χ1v) is 13.2. The van der Waals surface area contributed by atoms with Gasteiger partial charge >= 0.3 is 0 Å². The molecule has 1 aliphatic rings. The summed E-state index contributed by atoms with van der Waals surface area (Å²) in [5.41, 5.74) is 2.13. The Morgan fingerprint density at radius 1 is 1.03 bits per heavy atom. The summed E-state index contributed by atoms with van der Waals surface area (Å²) >= 11 is 0.959. The van der Waals surface area contributed by atoms with Gasteiger partial charge in [0.2, 0.25) is 8.32 Å². The second-order valence-electron chi connectivity index (χ2n) is 8.90. The molecule has 1 heterocycles. The Kier molecular flexibility index (Phi) is 5.34. The SMILES string of the molecule is Cc1cc(O[Si](C)(C)C(C)(C)C)c(C)c(SN2C(=O)c3ccccc3C2=O)c1O. The first-order valence-electron chi connectivity index (χ1n) is 9.53. The lowest BCUT2D eigenvalue weighted by molar-refractivity contribution is 0.0777. The van der Waals surface area contributed by atoms with Crippen LogP contribution in [0.4, 0.5) is 0 Å². The van der Waals surface area contributed by atoms with E-state index in [1.54, 1.807) is 31.2 Å². The Morgan fingerprint density at radius 3 is 2.03 bits per heavy atom. The van der Waals surface area contributed by atoms with Gasteiger partial charge in [-0.1, -0.05) is 32.9 Å². The fourth-order valence-corrected chi connectivity index (χ4v) is 4.93. The first-order chi connectivity index (χ1) is 13.3. The van der Waals surface area contributed by atoms with E-state index in [4.69, 9.17) is 4.43 Å². The molecule has 29 heavy (non-hydrogen) atoms. The van der Waals surface area contributed by atoms with Crippen molar-refractivity contribution in [1.29, 1.82) is 0 Å². The quantitative estimate of drug-likeness (QED) is 0.384. The number of rotatable bonds is 4. The van der Waals surface area contributed by atoms with Crippen molar-refractivity contribution in [2.24, 2.45) is 0 Å². The number of carbonyl (C=O) groups is 2. The molecule has 5 nitrogen and oxygen atoms in total. The second kappa shape index (κ2) is 7.22. The largest absolute Gasteiger partial charge is 0.543 e. The van der Waals surface area contributed by atoms with E-state index in [1.165, 1.54) is 0 Å². The third kappa shape index (κ3) is 3.69. The number of nitrogens with zero attached hydrogens (tertiary/aromatic N) is 1. The van der Waals surface area contributed by atoms with Crippen LogP contribution in [0.1, 0.15) is 52.6 Å². The van der Waals surface area contributed by atoms with Crippen molar-refractivity contribution in [3.8, 4) is 11.5 Å². The summed E-state index contributed by atoms with van der Waals surface area (Å²) < 4.78 is 7.59. The van der Waals surface area contributed by atoms with Gasteiger partial charge in [-0.3, -0.25) is 9.59 Å². The van der Waals surface area contributed by atoms with E-state index >= 15 is 0 Å². The van der Waals surface area contributed by atoms with E-state index in [2.05, 4.69) is 33.9 Å². The van der Waals surface area contributed by atoms with Crippen LogP contribution in [0, 0.1) is 13.8 Å². The standard InChI is InChI=1S/C22H27NO4SSi/c1-13-12-17(27-29(6,7)22(3,4)5)14(2)19(18(13)24)28-23-20(25)15-10-8-9-11-16(15)21(23)26/h8-12,24H,1-7H3. The molecule has 1 N–H and O–H groups in total. The molecule has 0 bridgehead atoms. The van der Waals surface area contributed by atoms with E-state index in [0.29, 0.717) is 27.3 Å². The zero-order chi connectivity index (χ0) is 21.7. The number of amides is 2. The van der Waals surface area contributed by atoms with Crippen molar-refractivity contribution in [3.63, 3.8) is 0 Å². The van der Waals surface area contributed by atoms with Crippen LogP contribution in [0.25, 0.3) is 0 Å². The van der Waals surface area contributed by atoms with Gasteiger partial charge in [0, 0.05) is 17.5 Å². The molecule has 2 aromatic carbocycles. The molecule has 0 atom stereocenters. The molecule has 2 aromatic rings. The zero-order valence-corrected chi connectivity index (χ0v) is 19.7. The summed E-state index contributed by atoms with van der Waals surface area (Å²) in [5, 5.41) is 10.7. The van der Waals surface area contributed by atoms with Crippen LogP contribution in [0.5, 0.6) is 11.5 Å². The number of benzene rings is 2. The van der Waals surface area contributed by atoms with E-state index < -0.39 is 8.32 Å². The molecule has 0 fully saturated rings. The minimum Gasteiger partial charge on any atom is -0.543 e. The summed E-state index contributed by atoms with van der Waals surface area (Å²) in [6.45, 7) is 14.4. The Labute approximate surface area is 177 Å². The maximum atomic E-state index is 12.7. The minimum absolute atomic E-state index is 0.0149. The topological polar surface area (TPSA) is 66.8 Å². The highest BCUT2D eigenvalue weighted by Gasteiger charge is 2.40. The number of hydrogen-bond donors (Lipinski definition) is 1. The van der Waals surface area contributed by atoms with Gasteiger partial charge in [-0.2, -0.15) is 0 Å². The Hall–Kier alpha value is -2.25. The Balaban J connectivity index is 2.00. The highest BCUT2D eigenvalue weighted by molar-refractivity contribution is 7.98. The van der Waals surface area contributed by atoms with Gasteiger partial charge in [-0.05, 0) is 55.7 Å². The molecule has 0 radical (unpaired) electrons. The van der Waals surface area contributed by atoms with E-state index in [-0.39, 0.29) is 22.6 Å². The predicted molar refractivity (Wildman–Crippen MR) is 118 cm³/mol. The minimum atomic E-state index is -2.10. The van der Waals surface area contributed by atoms with Crippen molar-refractivity contribution >= 4 is 32.1 Å². The monoisotopic (exact) mass is 429 g/mol. The number of phenols is 1. The van der Waals surface area contributed by atoms with Gasteiger partial charge in [0.1, 0.15) is 11.5 Å². The lowest BCUT2D eigenvalue weighted by Gasteiger charge is -2.37. The summed E-state index contributed by atoms with van der Waals surface area (Å²) in [4.78, 5) is 26.0. The molecule has 0 saturated heterocycles. The summed E-state index contributed by atoms with van der Waals surface area (Å²) in [6, 6.07) is 8.59. The smallest absolute Gasteiger partial charge is 0.272 e. The van der Waals surface area contributed by atoms with Crippen molar-refractivity contribution < 1.29 is 19.1 Å². The summed E-state index contributed by atoms with van der Waals surface area (Å²) in [7, 11) is -2.10. The zero-order valence-electron chi connectivity index (χ0n) is 17.9. The average Bonchev–Trinajstić information content (AvgIpc) is 2.87. The van der Waals surface area contributed by atoms with E-state index in [0.717, 1.165) is 21.8 Å². The van der Waals surface area contributed by atoms with Crippen molar-refractivity contribution in [2.45, 2.75) is 57.6 Å². The molecule has 7 heteroatoms. The molecule has 0 aromatic heterocycles. The number of imide groups is 1. The fraction of sp³-hybridized carbons (Fsp3) is 0.364. The van der Waals surface area contributed by atoms with Crippen LogP contribution in [-0.2, 0) is 0 Å². The molecule has 154 valence electrons. The van der Waals surface area contributed by atoms with Crippen LogP contribution in [0.15, 0.2) is 35.2 Å². The van der Waals surface area contributed by atoms with Crippen LogP contribution in [-0.4, -0.2) is 29.5 Å². The third-order valence-corrected chi connectivity index (χ3v) is 11.3.